The van der Waals surface area contributed by atoms with Crippen molar-refractivity contribution in [3.8, 4) is 0 Å². The summed E-state index contributed by atoms with van der Waals surface area (Å²) >= 11 is 0. The fraction of sp³-hybridized carbons (Fsp3) is 0.474. The number of rotatable bonds is 5. The number of nitrogens with one attached hydrogen (secondary N) is 1. The van der Waals surface area contributed by atoms with E-state index >= 15 is 0 Å². The van der Waals surface area contributed by atoms with Gasteiger partial charge in [-0.1, -0.05) is 37.3 Å². The van der Waals surface area contributed by atoms with E-state index in [1.165, 1.54) is 5.56 Å². The highest BCUT2D eigenvalue weighted by molar-refractivity contribution is 5.77. The molecule has 0 bridgehead atoms. The first-order valence-corrected chi connectivity index (χ1v) is 8.58. The van der Waals surface area contributed by atoms with Gasteiger partial charge in [0.15, 0.2) is 0 Å². The van der Waals surface area contributed by atoms with Crippen LogP contribution < -0.4 is 5.32 Å². The lowest BCUT2D eigenvalue weighted by Gasteiger charge is -2.32. The van der Waals surface area contributed by atoms with Crippen LogP contribution in [0, 0.1) is 0 Å². The van der Waals surface area contributed by atoms with Crippen LogP contribution in [0.15, 0.2) is 42.7 Å². The van der Waals surface area contributed by atoms with Gasteiger partial charge in [-0.15, -0.1) is 0 Å². The van der Waals surface area contributed by atoms with Crippen molar-refractivity contribution in [2.24, 2.45) is 7.05 Å². The molecule has 0 aliphatic carbocycles. The summed E-state index contributed by atoms with van der Waals surface area (Å²) < 4.78 is 7.68. The second-order valence-electron chi connectivity index (χ2n) is 6.57. The second kappa shape index (κ2) is 7.62. The van der Waals surface area contributed by atoms with Crippen LogP contribution >= 0.6 is 0 Å². The number of aromatic nitrogens is 2. The number of aryl methyl sites for hydroxylation is 1. The zero-order valence-electron chi connectivity index (χ0n) is 14.3. The van der Waals surface area contributed by atoms with Gasteiger partial charge in [0.05, 0.1) is 12.2 Å². The lowest BCUT2D eigenvalue weighted by molar-refractivity contribution is -0.124. The van der Waals surface area contributed by atoms with Crippen LogP contribution in [-0.2, 0) is 16.6 Å². The van der Waals surface area contributed by atoms with Gasteiger partial charge in [-0.05, 0) is 24.3 Å². The van der Waals surface area contributed by atoms with Crippen LogP contribution in [0.4, 0.5) is 0 Å². The molecule has 1 aromatic carbocycles. The molecule has 5 heteroatoms. The molecule has 5 nitrogen and oxygen atoms in total. The first-order valence-electron chi connectivity index (χ1n) is 8.58. The largest absolute Gasteiger partial charge is 0.371 e. The summed E-state index contributed by atoms with van der Waals surface area (Å²) in [6, 6.07) is 10.2. The van der Waals surface area contributed by atoms with Crippen molar-refractivity contribution in [2.75, 3.05) is 6.61 Å². The Morgan fingerprint density at radius 1 is 1.42 bits per heavy atom. The van der Waals surface area contributed by atoms with E-state index in [1.54, 1.807) is 4.68 Å². The summed E-state index contributed by atoms with van der Waals surface area (Å²) in [5.41, 5.74) is 2.22. The molecule has 128 valence electrons. The molecule has 0 radical (unpaired) electrons. The van der Waals surface area contributed by atoms with Gasteiger partial charge >= 0.3 is 0 Å². The molecule has 1 N–H and O–H groups in total. The molecule has 1 aromatic heterocycles. The maximum absolute atomic E-state index is 12.5. The summed E-state index contributed by atoms with van der Waals surface area (Å²) in [5.74, 6) is 0.281. The molecule has 1 fully saturated rings. The van der Waals surface area contributed by atoms with Gasteiger partial charge in [-0.3, -0.25) is 9.48 Å². The Kier molecular flexibility index (Phi) is 5.30. The summed E-state index contributed by atoms with van der Waals surface area (Å²) in [7, 11) is 1.89. The Bertz CT molecular complexity index is 668. The third-order valence-electron chi connectivity index (χ3n) is 4.58. The predicted molar refractivity (Wildman–Crippen MR) is 92.5 cm³/mol. The Morgan fingerprint density at radius 3 is 2.92 bits per heavy atom. The molecule has 0 saturated carbocycles. The van der Waals surface area contributed by atoms with Gasteiger partial charge in [-0.25, -0.2) is 0 Å². The van der Waals surface area contributed by atoms with Crippen molar-refractivity contribution in [3.05, 3.63) is 53.9 Å². The number of hydrogen-bond acceptors (Lipinski definition) is 3. The Labute approximate surface area is 143 Å². The van der Waals surface area contributed by atoms with Crippen LogP contribution in [-0.4, -0.2) is 28.3 Å². The van der Waals surface area contributed by atoms with E-state index in [0.717, 1.165) is 25.0 Å². The molecule has 3 atom stereocenters. The summed E-state index contributed by atoms with van der Waals surface area (Å²) in [6.45, 7) is 2.82. The number of carbonyl (C=O) groups excluding carboxylic acids is 1. The minimum atomic E-state index is -0.108. The number of carbonyl (C=O) groups is 1. The molecule has 0 unspecified atom stereocenters. The van der Waals surface area contributed by atoms with Crippen LogP contribution in [0.5, 0.6) is 0 Å². The van der Waals surface area contributed by atoms with E-state index in [9.17, 15) is 4.79 Å². The number of benzene rings is 1. The average molecular weight is 327 g/mol. The Balaban J connectivity index is 1.61. The monoisotopic (exact) mass is 327 g/mol. The molecular formula is C19H25N3O2. The normalized spacial score (nSPS) is 22.1. The van der Waals surface area contributed by atoms with E-state index in [-0.39, 0.29) is 24.0 Å². The molecule has 3 rings (SSSR count). The zero-order valence-corrected chi connectivity index (χ0v) is 14.3. The molecule has 2 aromatic rings. The molecule has 2 heterocycles. The molecule has 1 aliphatic heterocycles. The molecular weight excluding hydrogens is 302 g/mol. The van der Waals surface area contributed by atoms with Crippen LogP contribution in [0.3, 0.4) is 0 Å². The van der Waals surface area contributed by atoms with Crippen molar-refractivity contribution in [1.29, 1.82) is 0 Å². The van der Waals surface area contributed by atoms with Crippen molar-refractivity contribution < 1.29 is 9.53 Å². The minimum absolute atomic E-state index is 0.0124. The Morgan fingerprint density at radius 2 is 2.21 bits per heavy atom. The molecule has 0 spiro atoms. The number of nitrogens with zero attached hydrogens (tertiary/aromatic N) is 2. The second-order valence-corrected chi connectivity index (χ2v) is 6.57. The van der Waals surface area contributed by atoms with E-state index in [4.69, 9.17) is 4.74 Å². The first kappa shape index (κ1) is 16.7. The third-order valence-corrected chi connectivity index (χ3v) is 4.58. The lowest BCUT2D eigenvalue weighted by atomic mass is 9.95. The Hall–Kier alpha value is -2.14. The predicted octanol–water partition coefficient (Wildman–Crippen LogP) is 2.95. The van der Waals surface area contributed by atoms with Crippen molar-refractivity contribution in [1.82, 2.24) is 15.1 Å². The maximum atomic E-state index is 12.5. The maximum Gasteiger partial charge on any atom is 0.220 e. The smallest absolute Gasteiger partial charge is 0.220 e. The molecule has 24 heavy (non-hydrogen) atoms. The summed E-state index contributed by atoms with van der Waals surface area (Å²) in [4.78, 5) is 12.5. The van der Waals surface area contributed by atoms with Gasteiger partial charge in [0, 0.05) is 31.8 Å². The topological polar surface area (TPSA) is 56.1 Å². The van der Waals surface area contributed by atoms with Gasteiger partial charge in [0.2, 0.25) is 5.91 Å². The minimum Gasteiger partial charge on any atom is -0.371 e. The fourth-order valence-electron chi connectivity index (χ4n) is 3.29. The lowest BCUT2D eigenvalue weighted by Crippen LogP contribution is -2.43. The van der Waals surface area contributed by atoms with E-state index in [2.05, 4.69) is 29.5 Å². The van der Waals surface area contributed by atoms with Crippen LogP contribution in [0.25, 0.3) is 0 Å². The fourth-order valence-corrected chi connectivity index (χ4v) is 3.29. The molecule has 1 aliphatic rings. The standard InChI is InChI=1S/C19H25N3O2/c1-14(15-7-4-3-5-8-15)11-18(23)21-17-9-6-10-24-19(17)16-12-20-22(2)13-16/h3-5,7-8,12-14,17,19H,6,9-11H2,1-2H3,(H,21,23)/t14-,17+,19-/m1/s1. The van der Waals surface area contributed by atoms with Crippen molar-refractivity contribution in [2.45, 2.75) is 44.2 Å². The number of amides is 1. The van der Waals surface area contributed by atoms with E-state index in [1.807, 2.05) is 37.6 Å². The molecule has 1 amide bonds. The zero-order chi connectivity index (χ0) is 16.9. The van der Waals surface area contributed by atoms with Gasteiger partial charge in [0.1, 0.15) is 6.10 Å². The average Bonchev–Trinajstić information content (AvgIpc) is 3.02. The SMILES string of the molecule is C[C@H](CC(=O)N[C@H]1CCCO[C@@H]1c1cnn(C)c1)c1ccccc1. The highest BCUT2D eigenvalue weighted by Gasteiger charge is 2.30. The summed E-state index contributed by atoms with van der Waals surface area (Å²) in [5, 5.41) is 7.39. The van der Waals surface area contributed by atoms with Gasteiger partial charge < -0.3 is 10.1 Å². The summed E-state index contributed by atoms with van der Waals surface area (Å²) in [6.07, 6.45) is 6.06. The van der Waals surface area contributed by atoms with Gasteiger partial charge in [-0.2, -0.15) is 5.10 Å². The third kappa shape index (κ3) is 4.03. The number of ether oxygens (including phenoxy) is 1. The highest BCUT2D eigenvalue weighted by atomic mass is 16.5. The molecule has 1 saturated heterocycles. The number of hydrogen-bond donors (Lipinski definition) is 1. The van der Waals surface area contributed by atoms with E-state index < -0.39 is 0 Å². The van der Waals surface area contributed by atoms with Gasteiger partial charge in [0.25, 0.3) is 0 Å². The van der Waals surface area contributed by atoms with Crippen LogP contribution in [0.1, 0.15) is 49.3 Å². The quantitative estimate of drug-likeness (QED) is 0.918. The van der Waals surface area contributed by atoms with Crippen LogP contribution in [0.2, 0.25) is 0 Å². The van der Waals surface area contributed by atoms with E-state index in [0.29, 0.717) is 6.42 Å². The first-order chi connectivity index (χ1) is 11.6. The van der Waals surface area contributed by atoms with Crippen molar-refractivity contribution >= 4 is 5.91 Å². The highest BCUT2D eigenvalue weighted by Crippen LogP contribution is 2.28. The van der Waals surface area contributed by atoms with Crippen molar-refractivity contribution in [3.63, 3.8) is 0 Å².